The molecule has 1 atom stereocenters. The number of carbonyl (C=O) groups excluding carboxylic acids is 3. The molecule has 7 rings (SSSR count). The summed E-state index contributed by atoms with van der Waals surface area (Å²) in [6, 6.07) is 18.9. The number of fused-ring (bicyclic) bond motifs is 7. The van der Waals surface area contributed by atoms with E-state index in [1.54, 1.807) is 47.4 Å². The van der Waals surface area contributed by atoms with Gasteiger partial charge in [-0.15, -0.1) is 0 Å². The Bertz CT molecular complexity index is 1700. The van der Waals surface area contributed by atoms with Crippen molar-refractivity contribution in [3.63, 3.8) is 0 Å². The minimum atomic E-state index is -0.476. The fourth-order valence-electron chi connectivity index (χ4n) is 5.71. The van der Waals surface area contributed by atoms with Gasteiger partial charge in [-0.3, -0.25) is 23.7 Å². The van der Waals surface area contributed by atoms with Gasteiger partial charge in [0.15, 0.2) is 5.78 Å². The van der Waals surface area contributed by atoms with Crippen LogP contribution in [0.2, 0.25) is 0 Å². The fourth-order valence-corrected chi connectivity index (χ4v) is 5.71. The van der Waals surface area contributed by atoms with Gasteiger partial charge < -0.3 is 10.2 Å². The maximum atomic E-state index is 13.8. The van der Waals surface area contributed by atoms with Crippen molar-refractivity contribution >= 4 is 34.1 Å². The summed E-state index contributed by atoms with van der Waals surface area (Å²) in [7, 11) is 0. The Morgan fingerprint density at radius 3 is 2.37 bits per heavy atom. The molecule has 1 fully saturated rings. The zero-order valence-corrected chi connectivity index (χ0v) is 18.6. The lowest BCUT2D eigenvalue weighted by atomic mass is 10.0. The average molecular weight is 461 g/mol. The number of hydrogen-bond acceptors (Lipinski definition) is 4. The van der Waals surface area contributed by atoms with Crippen molar-refractivity contribution in [1.29, 1.82) is 0 Å². The summed E-state index contributed by atoms with van der Waals surface area (Å²) in [5, 5.41) is 3.93. The molecule has 4 aromatic rings. The Kier molecular flexibility index (Phi) is 3.98. The van der Waals surface area contributed by atoms with Crippen molar-refractivity contribution in [3.05, 3.63) is 93.8 Å². The van der Waals surface area contributed by atoms with E-state index in [-0.39, 0.29) is 23.2 Å². The first-order chi connectivity index (χ1) is 17.0. The van der Waals surface area contributed by atoms with Crippen molar-refractivity contribution in [2.75, 3.05) is 11.9 Å². The summed E-state index contributed by atoms with van der Waals surface area (Å²) >= 11 is 0. The van der Waals surface area contributed by atoms with Gasteiger partial charge in [0.05, 0.1) is 28.2 Å². The van der Waals surface area contributed by atoms with Crippen LogP contribution < -0.4 is 10.9 Å². The van der Waals surface area contributed by atoms with Crippen LogP contribution in [0.4, 0.5) is 5.69 Å². The van der Waals surface area contributed by atoms with Crippen LogP contribution in [0.3, 0.4) is 0 Å². The standard InChI is InChI=1S/C28H19N3O4/c32-25-18-8-3-2-7-17(18)24-23(25)16-6-1-4-9-19(16)28(35)31(24)15-11-12-21-20(14-15)27(34)30-13-5-10-22(30)26(33)29-21/h1-4,6-9,11-12,14,22H,5,10,13H2,(H,29,33). The third-order valence-electron chi connectivity index (χ3n) is 7.31. The molecule has 170 valence electrons. The van der Waals surface area contributed by atoms with Gasteiger partial charge in [-0.05, 0) is 37.1 Å². The predicted molar refractivity (Wildman–Crippen MR) is 131 cm³/mol. The molecular formula is C28H19N3O4. The topological polar surface area (TPSA) is 88.5 Å². The van der Waals surface area contributed by atoms with Crippen LogP contribution in [-0.2, 0) is 4.79 Å². The van der Waals surface area contributed by atoms with Gasteiger partial charge in [0, 0.05) is 28.4 Å². The molecular weight excluding hydrogens is 442 g/mol. The molecule has 0 bridgehead atoms. The number of carbonyl (C=O) groups is 3. The molecule has 2 amide bonds. The number of nitrogens with one attached hydrogen (secondary N) is 1. The maximum absolute atomic E-state index is 13.8. The van der Waals surface area contributed by atoms with Crippen molar-refractivity contribution < 1.29 is 14.4 Å². The second-order valence-electron chi connectivity index (χ2n) is 9.16. The number of anilines is 1. The Balaban J connectivity index is 1.54. The summed E-state index contributed by atoms with van der Waals surface area (Å²) in [5.74, 6) is -0.547. The number of amides is 2. The fraction of sp³-hybridized carbons (Fsp3) is 0.143. The number of hydrogen-bond donors (Lipinski definition) is 1. The first kappa shape index (κ1) is 19.9. The van der Waals surface area contributed by atoms with Gasteiger partial charge in [0.1, 0.15) is 6.04 Å². The lowest BCUT2D eigenvalue weighted by Crippen LogP contribution is -2.40. The Labute approximate surface area is 199 Å². The minimum absolute atomic E-state index is 0.126. The molecule has 1 aromatic heterocycles. The van der Waals surface area contributed by atoms with Gasteiger partial charge in [0.2, 0.25) is 5.91 Å². The normalized spacial score (nSPS) is 18.1. The Morgan fingerprint density at radius 1 is 0.800 bits per heavy atom. The summed E-state index contributed by atoms with van der Waals surface area (Å²) < 4.78 is 1.53. The zero-order chi connectivity index (χ0) is 23.8. The highest BCUT2D eigenvalue weighted by atomic mass is 16.2. The highest BCUT2D eigenvalue weighted by Gasteiger charge is 2.39. The van der Waals surface area contributed by atoms with E-state index >= 15 is 0 Å². The molecule has 0 radical (unpaired) electrons. The second kappa shape index (κ2) is 6.99. The smallest absolute Gasteiger partial charge is 0.263 e. The molecule has 7 nitrogen and oxygen atoms in total. The molecule has 2 aliphatic heterocycles. The second-order valence-corrected chi connectivity index (χ2v) is 9.16. The summed E-state index contributed by atoms with van der Waals surface area (Å²) in [6.45, 7) is 0.522. The van der Waals surface area contributed by atoms with Crippen molar-refractivity contribution in [1.82, 2.24) is 9.47 Å². The molecule has 3 heterocycles. The van der Waals surface area contributed by atoms with Gasteiger partial charge in [-0.2, -0.15) is 0 Å². The molecule has 0 spiro atoms. The van der Waals surface area contributed by atoms with Gasteiger partial charge in [0.25, 0.3) is 11.5 Å². The van der Waals surface area contributed by atoms with Crippen molar-refractivity contribution in [3.8, 4) is 16.9 Å². The molecule has 3 aromatic carbocycles. The molecule has 7 heteroatoms. The largest absolute Gasteiger partial charge is 0.327 e. The predicted octanol–water partition coefficient (Wildman–Crippen LogP) is 3.76. The number of rotatable bonds is 1. The molecule has 1 unspecified atom stereocenters. The first-order valence-corrected chi connectivity index (χ1v) is 11.6. The number of benzene rings is 3. The highest BCUT2D eigenvalue weighted by molar-refractivity contribution is 6.26. The number of nitrogens with zero attached hydrogens (tertiary/aromatic N) is 2. The van der Waals surface area contributed by atoms with E-state index in [2.05, 4.69) is 5.32 Å². The van der Waals surface area contributed by atoms with Crippen molar-refractivity contribution in [2.45, 2.75) is 18.9 Å². The van der Waals surface area contributed by atoms with Crippen LogP contribution in [0.15, 0.2) is 71.5 Å². The summed E-state index contributed by atoms with van der Waals surface area (Å²) in [5.41, 5.74) is 3.21. The zero-order valence-electron chi connectivity index (χ0n) is 18.6. The van der Waals surface area contributed by atoms with Crippen LogP contribution in [0, 0.1) is 0 Å². The van der Waals surface area contributed by atoms with E-state index in [9.17, 15) is 19.2 Å². The SMILES string of the molecule is O=C1c2ccccc2-c2c1c1ccccc1c(=O)n2-c1ccc2c(c1)C(=O)N1CCCC1C(=O)N2. The highest BCUT2D eigenvalue weighted by Crippen LogP contribution is 2.40. The van der Waals surface area contributed by atoms with Crippen LogP contribution >= 0.6 is 0 Å². The third kappa shape index (κ3) is 2.60. The van der Waals surface area contributed by atoms with Crippen LogP contribution in [0.1, 0.15) is 39.1 Å². The van der Waals surface area contributed by atoms with E-state index in [1.807, 2.05) is 24.3 Å². The lowest BCUT2D eigenvalue weighted by molar-refractivity contribution is -0.119. The van der Waals surface area contributed by atoms with E-state index in [4.69, 9.17) is 0 Å². The van der Waals surface area contributed by atoms with E-state index in [1.165, 1.54) is 4.57 Å². The van der Waals surface area contributed by atoms with E-state index < -0.39 is 6.04 Å². The Hall–Kier alpha value is -4.52. The maximum Gasteiger partial charge on any atom is 0.263 e. The lowest BCUT2D eigenvalue weighted by Gasteiger charge is -2.20. The molecule has 35 heavy (non-hydrogen) atoms. The van der Waals surface area contributed by atoms with Gasteiger partial charge in [-0.25, -0.2) is 0 Å². The van der Waals surface area contributed by atoms with Crippen molar-refractivity contribution in [2.24, 2.45) is 0 Å². The van der Waals surface area contributed by atoms with E-state index in [0.717, 1.165) is 6.42 Å². The average Bonchev–Trinajstić information content (AvgIpc) is 3.46. The monoisotopic (exact) mass is 461 g/mol. The van der Waals surface area contributed by atoms with Crippen LogP contribution in [0.5, 0.6) is 0 Å². The molecule has 1 saturated heterocycles. The number of pyridine rings is 1. The molecule has 0 saturated carbocycles. The minimum Gasteiger partial charge on any atom is -0.327 e. The van der Waals surface area contributed by atoms with Crippen LogP contribution in [-0.4, -0.2) is 39.7 Å². The van der Waals surface area contributed by atoms with Gasteiger partial charge >= 0.3 is 0 Å². The van der Waals surface area contributed by atoms with Gasteiger partial charge in [-0.1, -0.05) is 42.5 Å². The molecule has 1 N–H and O–H groups in total. The quantitative estimate of drug-likeness (QED) is 0.412. The summed E-state index contributed by atoms with van der Waals surface area (Å²) in [6.07, 6.45) is 1.41. The third-order valence-corrected chi connectivity index (χ3v) is 7.31. The first-order valence-electron chi connectivity index (χ1n) is 11.6. The number of ketones is 1. The molecule has 3 aliphatic rings. The molecule has 1 aliphatic carbocycles. The Morgan fingerprint density at radius 2 is 1.54 bits per heavy atom. The summed E-state index contributed by atoms with van der Waals surface area (Å²) in [4.78, 5) is 55.0. The van der Waals surface area contributed by atoms with Crippen LogP contribution in [0.25, 0.3) is 27.7 Å². The van der Waals surface area contributed by atoms with E-state index in [0.29, 0.717) is 63.1 Å². The number of aromatic nitrogens is 1.